The Labute approximate surface area is 234 Å². The first-order valence-corrected chi connectivity index (χ1v) is 13.1. The monoisotopic (exact) mass is 551 g/mol. The molecule has 1 aliphatic heterocycles. The van der Waals surface area contributed by atoms with Crippen molar-refractivity contribution >= 4 is 11.8 Å². The number of methoxy groups -OCH3 is 5. The molecule has 2 aromatic carbocycles. The molecule has 10 nitrogen and oxygen atoms in total. The molecule has 2 heterocycles. The van der Waals surface area contributed by atoms with Crippen LogP contribution in [0.4, 0.5) is 5.82 Å². The first-order chi connectivity index (χ1) is 19.3. The van der Waals surface area contributed by atoms with Crippen molar-refractivity contribution in [3.05, 3.63) is 58.5 Å². The van der Waals surface area contributed by atoms with Gasteiger partial charge in [-0.1, -0.05) is 19.1 Å². The molecule has 214 valence electrons. The molecule has 3 aromatic rings. The molecule has 0 unspecified atom stereocenters. The van der Waals surface area contributed by atoms with Crippen molar-refractivity contribution in [2.75, 3.05) is 47.0 Å². The van der Waals surface area contributed by atoms with Crippen LogP contribution in [-0.2, 0) is 16.1 Å². The molecule has 0 aliphatic carbocycles. The van der Waals surface area contributed by atoms with Gasteiger partial charge in [-0.15, -0.1) is 0 Å². The number of hydrogen-bond acceptors (Lipinski definition) is 9. The van der Waals surface area contributed by atoms with E-state index < -0.39 is 0 Å². The van der Waals surface area contributed by atoms with Crippen LogP contribution in [0, 0.1) is 11.8 Å². The second-order valence-electron chi connectivity index (χ2n) is 9.86. The number of carbonyl (C=O) groups excluding carboxylic acids is 1. The molecule has 0 radical (unpaired) electrons. The highest BCUT2D eigenvalue weighted by Crippen LogP contribution is 2.41. The number of esters is 1. The van der Waals surface area contributed by atoms with Gasteiger partial charge in [-0.2, -0.15) is 0 Å². The van der Waals surface area contributed by atoms with E-state index in [0.29, 0.717) is 53.8 Å². The van der Waals surface area contributed by atoms with Gasteiger partial charge in [-0.05, 0) is 49.1 Å². The number of piperidine rings is 1. The summed E-state index contributed by atoms with van der Waals surface area (Å²) in [6.45, 7) is 4.85. The summed E-state index contributed by atoms with van der Waals surface area (Å²) in [5.74, 6) is 1.98. The minimum absolute atomic E-state index is 0.0396. The molecular formula is C30H37N3O7. The van der Waals surface area contributed by atoms with E-state index in [2.05, 4.69) is 0 Å². The number of hydrogen-bond donors (Lipinski definition) is 0. The molecule has 1 aliphatic rings. The molecule has 4 rings (SSSR count). The number of anilines is 1. The van der Waals surface area contributed by atoms with Crippen LogP contribution in [-0.4, -0.2) is 63.7 Å². The van der Waals surface area contributed by atoms with Crippen LogP contribution < -0.4 is 29.4 Å². The number of rotatable bonds is 9. The Morgan fingerprint density at radius 3 is 2.15 bits per heavy atom. The lowest BCUT2D eigenvalue weighted by molar-refractivity contribution is -0.148. The Balaban J connectivity index is 1.85. The van der Waals surface area contributed by atoms with Gasteiger partial charge in [-0.25, -0.2) is 4.98 Å². The van der Waals surface area contributed by atoms with Crippen molar-refractivity contribution in [1.29, 1.82) is 0 Å². The van der Waals surface area contributed by atoms with E-state index in [1.807, 2.05) is 55.1 Å². The Kier molecular flexibility index (Phi) is 8.86. The molecule has 3 atom stereocenters. The van der Waals surface area contributed by atoms with Gasteiger partial charge in [0.1, 0.15) is 5.75 Å². The van der Waals surface area contributed by atoms with Gasteiger partial charge in [-0.3, -0.25) is 9.59 Å². The first kappa shape index (κ1) is 28.8. The highest BCUT2D eigenvalue weighted by atomic mass is 16.5. The lowest BCUT2D eigenvalue weighted by Gasteiger charge is -2.42. The normalized spacial score (nSPS) is 18.7. The molecule has 1 fully saturated rings. The molecule has 40 heavy (non-hydrogen) atoms. The van der Waals surface area contributed by atoms with E-state index in [1.165, 1.54) is 7.11 Å². The Morgan fingerprint density at radius 1 is 0.950 bits per heavy atom. The van der Waals surface area contributed by atoms with Crippen molar-refractivity contribution in [3.63, 3.8) is 0 Å². The first-order valence-electron chi connectivity index (χ1n) is 13.1. The van der Waals surface area contributed by atoms with Gasteiger partial charge in [0.05, 0.1) is 53.7 Å². The third-order valence-electron chi connectivity index (χ3n) is 7.77. The van der Waals surface area contributed by atoms with E-state index in [4.69, 9.17) is 28.7 Å². The van der Waals surface area contributed by atoms with Gasteiger partial charge in [0.15, 0.2) is 17.3 Å². The Bertz CT molecular complexity index is 1380. The number of aromatic nitrogens is 2. The van der Waals surface area contributed by atoms with Crippen LogP contribution in [0.5, 0.6) is 23.0 Å². The smallest absolute Gasteiger partial charge is 0.309 e. The molecule has 0 spiro atoms. The summed E-state index contributed by atoms with van der Waals surface area (Å²) in [4.78, 5) is 33.2. The largest absolute Gasteiger partial charge is 0.497 e. The molecule has 0 bridgehead atoms. The summed E-state index contributed by atoms with van der Waals surface area (Å²) >= 11 is 0. The zero-order valence-electron chi connectivity index (χ0n) is 24.1. The SMILES string of the molecule is COC(=O)[C@@H]1CCN(c2nc(-c3cc(OC)c(OC)c(OC)c3)cn(Cc3ccc(OC)cc3)c2=O)[C@H](C)[C@@H]1C. The van der Waals surface area contributed by atoms with Crippen LogP contribution in [0.1, 0.15) is 25.8 Å². The van der Waals surface area contributed by atoms with Gasteiger partial charge < -0.3 is 33.2 Å². The highest BCUT2D eigenvalue weighted by molar-refractivity contribution is 5.73. The Hall–Kier alpha value is -4.21. The predicted molar refractivity (Wildman–Crippen MR) is 152 cm³/mol. The molecule has 10 heteroatoms. The molecule has 0 N–H and O–H groups in total. The van der Waals surface area contributed by atoms with Crippen LogP contribution in [0.15, 0.2) is 47.4 Å². The topological polar surface area (TPSA) is 101 Å². The number of benzene rings is 2. The quantitative estimate of drug-likeness (QED) is 0.365. The molecule has 0 amide bonds. The van der Waals surface area contributed by atoms with E-state index in [1.54, 1.807) is 39.2 Å². The maximum Gasteiger partial charge on any atom is 0.309 e. The zero-order valence-corrected chi connectivity index (χ0v) is 24.1. The zero-order chi connectivity index (χ0) is 29.0. The van der Waals surface area contributed by atoms with E-state index >= 15 is 0 Å². The van der Waals surface area contributed by atoms with Gasteiger partial charge >= 0.3 is 5.97 Å². The molecule has 1 aromatic heterocycles. The average molecular weight is 552 g/mol. The second kappa shape index (κ2) is 12.3. The fourth-order valence-electron chi connectivity index (χ4n) is 5.27. The van der Waals surface area contributed by atoms with Crippen molar-refractivity contribution < 1.29 is 28.5 Å². The number of ether oxygens (including phenoxy) is 5. The van der Waals surface area contributed by atoms with E-state index in [0.717, 1.165) is 11.3 Å². The van der Waals surface area contributed by atoms with Crippen molar-refractivity contribution in [2.45, 2.75) is 32.9 Å². The summed E-state index contributed by atoms with van der Waals surface area (Å²) in [7, 11) is 7.68. The maximum atomic E-state index is 13.9. The Morgan fingerprint density at radius 2 is 1.60 bits per heavy atom. The lowest BCUT2D eigenvalue weighted by atomic mass is 9.81. The minimum atomic E-state index is -0.240. The van der Waals surface area contributed by atoms with Crippen LogP contribution in [0.2, 0.25) is 0 Å². The fraction of sp³-hybridized carbons (Fsp3) is 0.433. The number of carbonyl (C=O) groups is 1. The van der Waals surface area contributed by atoms with E-state index in [-0.39, 0.29) is 29.4 Å². The highest BCUT2D eigenvalue weighted by Gasteiger charge is 2.38. The molecule has 1 saturated heterocycles. The fourth-order valence-corrected chi connectivity index (χ4v) is 5.27. The van der Waals surface area contributed by atoms with Crippen LogP contribution >= 0.6 is 0 Å². The third-order valence-corrected chi connectivity index (χ3v) is 7.77. The van der Waals surface area contributed by atoms with Crippen molar-refractivity contribution in [2.24, 2.45) is 11.8 Å². The molecule has 0 saturated carbocycles. The minimum Gasteiger partial charge on any atom is -0.497 e. The summed E-state index contributed by atoms with van der Waals surface area (Å²) < 4.78 is 28.6. The number of nitrogens with zero attached hydrogens (tertiary/aromatic N) is 3. The van der Waals surface area contributed by atoms with Gasteiger partial charge in [0.2, 0.25) is 5.75 Å². The summed E-state index contributed by atoms with van der Waals surface area (Å²) in [6, 6.07) is 11.1. The van der Waals surface area contributed by atoms with Crippen molar-refractivity contribution in [3.8, 4) is 34.3 Å². The third kappa shape index (κ3) is 5.57. The second-order valence-corrected chi connectivity index (χ2v) is 9.86. The van der Waals surface area contributed by atoms with Crippen molar-refractivity contribution in [1.82, 2.24) is 9.55 Å². The van der Waals surface area contributed by atoms with Crippen LogP contribution in [0.3, 0.4) is 0 Å². The summed E-state index contributed by atoms with van der Waals surface area (Å²) in [5, 5.41) is 0. The predicted octanol–water partition coefficient (Wildman–Crippen LogP) is 4.02. The molecular weight excluding hydrogens is 514 g/mol. The average Bonchev–Trinajstić information content (AvgIpc) is 2.98. The standard InChI is InChI=1S/C30H37N3O7/c1-18-19(2)33(13-12-23(18)30(35)40-7)28-29(34)32(16-20-8-10-22(36-3)11-9-20)17-24(31-28)21-14-25(37-4)27(39-6)26(15-21)38-5/h8-11,14-15,17-19,23H,12-13,16H2,1-7H3/t18-,19+,23+/m0/s1. The summed E-state index contributed by atoms with van der Waals surface area (Å²) in [6.07, 6.45) is 2.30. The summed E-state index contributed by atoms with van der Waals surface area (Å²) in [5.41, 5.74) is 1.98. The van der Waals surface area contributed by atoms with Gasteiger partial charge in [0, 0.05) is 24.3 Å². The van der Waals surface area contributed by atoms with Gasteiger partial charge in [0.25, 0.3) is 5.56 Å². The van der Waals surface area contributed by atoms with Crippen LogP contribution in [0.25, 0.3) is 11.3 Å². The maximum absolute atomic E-state index is 13.9. The van der Waals surface area contributed by atoms with E-state index in [9.17, 15) is 9.59 Å². The lowest BCUT2D eigenvalue weighted by Crippen LogP contribution is -2.51.